The summed E-state index contributed by atoms with van der Waals surface area (Å²) in [5.41, 5.74) is 6.76. The molecule has 1 aromatic carbocycles. The number of nitrogens with two attached hydrogens (primary N) is 1. The Labute approximate surface area is 157 Å². The van der Waals surface area contributed by atoms with Crippen LogP contribution in [0.1, 0.15) is 38.9 Å². The molecule has 2 aromatic rings. The molecule has 0 fully saturated rings. The van der Waals surface area contributed by atoms with Crippen LogP contribution in [-0.4, -0.2) is 21.5 Å². The third-order valence-corrected chi connectivity index (χ3v) is 5.59. The first-order valence-electron chi connectivity index (χ1n) is 8.30. The number of rotatable bonds is 3. The van der Waals surface area contributed by atoms with Crippen LogP contribution < -0.4 is 11.3 Å². The number of anilines is 1. The Kier molecular flexibility index (Phi) is 3.92. The molecular weight excluding hydrogens is 366 g/mol. The highest BCUT2D eigenvalue weighted by molar-refractivity contribution is 7.18. The molecule has 2 aliphatic rings. The highest BCUT2D eigenvalue weighted by atomic mass is 32.1. The van der Waals surface area contributed by atoms with Crippen molar-refractivity contribution < 1.29 is 14.0 Å². The highest BCUT2D eigenvalue weighted by Crippen LogP contribution is 2.32. The van der Waals surface area contributed by atoms with Gasteiger partial charge < -0.3 is 10.2 Å². The molecule has 0 atom stereocenters. The van der Waals surface area contributed by atoms with Crippen LogP contribution in [0, 0.1) is 6.92 Å². The number of thiophene rings is 1. The molecule has 0 radical (unpaired) electrons. The van der Waals surface area contributed by atoms with E-state index in [4.69, 9.17) is 10.2 Å². The van der Waals surface area contributed by atoms with Gasteiger partial charge in [0.15, 0.2) is 5.78 Å². The molecular formula is C19H15N3O4S. The molecule has 136 valence electrons. The van der Waals surface area contributed by atoms with Crippen LogP contribution in [0.15, 0.2) is 39.5 Å². The van der Waals surface area contributed by atoms with Crippen molar-refractivity contribution in [3.63, 3.8) is 0 Å². The molecule has 2 N–H and O–H groups in total. The standard InChI is InChI=1S/C19H15N3O4S/c1-3-12(23)15-9(2)14(16(20)27-15)19(25)22-18(24)11-8-10-6-4-5-7-13(10)26-17(11)21-22/h4-8H,3,20H2,1-2H3. The lowest BCUT2D eigenvalue weighted by atomic mass is 10.1. The number of aromatic nitrogens is 2. The van der Waals surface area contributed by atoms with Gasteiger partial charge in [-0.3, -0.25) is 14.4 Å². The summed E-state index contributed by atoms with van der Waals surface area (Å²) in [6.07, 6.45) is 0.304. The SMILES string of the molecule is CCC(=O)c1sc(N)c(C(=O)n2nc3oc4ccccc4cc-3c2=O)c1C. The van der Waals surface area contributed by atoms with Gasteiger partial charge >= 0.3 is 0 Å². The Bertz CT molecular complexity index is 1250. The normalized spacial score (nSPS) is 11.3. The van der Waals surface area contributed by atoms with Crippen LogP contribution in [-0.2, 0) is 0 Å². The predicted octanol–water partition coefficient (Wildman–Crippen LogP) is 3.33. The zero-order chi connectivity index (χ0) is 19.3. The van der Waals surface area contributed by atoms with Gasteiger partial charge in [0, 0.05) is 11.8 Å². The second-order valence-corrected chi connectivity index (χ2v) is 7.15. The third kappa shape index (κ3) is 2.57. The maximum absolute atomic E-state index is 13.0. The number of hydrogen-bond donors (Lipinski definition) is 1. The monoisotopic (exact) mass is 381 g/mol. The number of hydrogen-bond acceptors (Lipinski definition) is 7. The summed E-state index contributed by atoms with van der Waals surface area (Å²) >= 11 is 1.05. The van der Waals surface area contributed by atoms with Gasteiger partial charge in [0.25, 0.3) is 11.5 Å². The zero-order valence-electron chi connectivity index (χ0n) is 14.6. The smallest absolute Gasteiger partial charge is 0.287 e. The average Bonchev–Trinajstić information content (AvgIpc) is 3.15. The second kappa shape index (κ2) is 6.17. The van der Waals surface area contributed by atoms with Crippen molar-refractivity contribution in [3.05, 3.63) is 56.7 Å². The number of Topliss-reactive ketones (excluding diaryl/α,β-unsaturated/α-hetero) is 1. The number of ketones is 1. The lowest BCUT2D eigenvalue weighted by Gasteiger charge is -2.01. The molecule has 0 saturated carbocycles. The summed E-state index contributed by atoms with van der Waals surface area (Å²) < 4.78 is 6.40. The molecule has 0 amide bonds. The van der Waals surface area contributed by atoms with Gasteiger partial charge in [-0.15, -0.1) is 16.4 Å². The van der Waals surface area contributed by atoms with Gasteiger partial charge in [-0.25, -0.2) is 0 Å². The molecule has 2 aliphatic heterocycles. The molecule has 7 nitrogen and oxygen atoms in total. The second-order valence-electron chi connectivity index (χ2n) is 6.10. The molecule has 4 rings (SSSR count). The van der Waals surface area contributed by atoms with Crippen LogP contribution >= 0.6 is 11.3 Å². The summed E-state index contributed by atoms with van der Waals surface area (Å²) in [5, 5.41) is 4.97. The maximum Gasteiger partial charge on any atom is 0.287 e. The summed E-state index contributed by atoms with van der Waals surface area (Å²) in [4.78, 5) is 38.2. The minimum Gasteiger partial charge on any atom is -0.436 e. The summed E-state index contributed by atoms with van der Waals surface area (Å²) in [5.74, 6) is -0.697. The Morgan fingerprint density at radius 3 is 2.78 bits per heavy atom. The molecule has 27 heavy (non-hydrogen) atoms. The van der Waals surface area contributed by atoms with Crippen LogP contribution in [0.4, 0.5) is 5.00 Å². The lowest BCUT2D eigenvalue weighted by molar-refractivity contribution is 0.0942. The van der Waals surface area contributed by atoms with Crippen molar-refractivity contribution in [1.29, 1.82) is 0 Å². The van der Waals surface area contributed by atoms with E-state index in [1.54, 1.807) is 38.1 Å². The number of carbonyl (C=O) groups excluding carboxylic acids is 2. The van der Waals surface area contributed by atoms with Crippen molar-refractivity contribution in [3.8, 4) is 11.5 Å². The van der Waals surface area contributed by atoms with Gasteiger partial charge in [-0.1, -0.05) is 25.1 Å². The quantitative estimate of drug-likeness (QED) is 0.545. The van der Waals surface area contributed by atoms with Crippen molar-refractivity contribution in [2.45, 2.75) is 20.3 Å². The van der Waals surface area contributed by atoms with Crippen LogP contribution in [0.25, 0.3) is 22.4 Å². The molecule has 3 heterocycles. The van der Waals surface area contributed by atoms with Crippen LogP contribution in [0.2, 0.25) is 0 Å². The summed E-state index contributed by atoms with van der Waals surface area (Å²) in [6.45, 7) is 3.39. The fourth-order valence-corrected chi connectivity index (χ4v) is 4.09. The predicted molar refractivity (Wildman–Crippen MR) is 103 cm³/mol. The van der Waals surface area contributed by atoms with Crippen molar-refractivity contribution in [2.75, 3.05) is 5.73 Å². The van der Waals surface area contributed by atoms with Crippen molar-refractivity contribution in [2.24, 2.45) is 0 Å². The first kappa shape index (κ1) is 17.2. The van der Waals surface area contributed by atoms with E-state index in [1.807, 2.05) is 6.07 Å². The molecule has 0 saturated heterocycles. The fraction of sp³-hybridized carbons (Fsp3) is 0.158. The average molecular weight is 381 g/mol. The van der Waals surface area contributed by atoms with Crippen molar-refractivity contribution in [1.82, 2.24) is 9.78 Å². The summed E-state index contributed by atoms with van der Waals surface area (Å²) in [6, 6.07) is 8.83. The van der Waals surface area contributed by atoms with Crippen molar-refractivity contribution >= 4 is 39.0 Å². The van der Waals surface area contributed by atoms with E-state index in [2.05, 4.69) is 5.10 Å². The number of nitrogen functional groups attached to an aromatic ring is 1. The van der Waals surface area contributed by atoms with Gasteiger partial charge in [-0.2, -0.15) is 4.68 Å². The van der Waals surface area contributed by atoms with E-state index in [1.165, 1.54) is 0 Å². The van der Waals surface area contributed by atoms with E-state index < -0.39 is 11.5 Å². The number of benzene rings is 1. The number of carbonyl (C=O) groups is 2. The Morgan fingerprint density at radius 2 is 2.04 bits per heavy atom. The van der Waals surface area contributed by atoms with Gasteiger partial charge in [0.05, 0.1) is 15.4 Å². The minimum absolute atomic E-state index is 0.0726. The summed E-state index contributed by atoms with van der Waals surface area (Å²) in [7, 11) is 0. The first-order chi connectivity index (χ1) is 12.9. The van der Waals surface area contributed by atoms with E-state index in [0.29, 0.717) is 22.4 Å². The van der Waals surface area contributed by atoms with E-state index in [9.17, 15) is 14.4 Å². The van der Waals surface area contributed by atoms with E-state index in [-0.39, 0.29) is 27.8 Å². The van der Waals surface area contributed by atoms with E-state index >= 15 is 0 Å². The Balaban J connectivity index is 1.89. The van der Waals surface area contributed by atoms with Gasteiger partial charge in [0.2, 0.25) is 5.89 Å². The number of para-hydroxylation sites is 1. The Morgan fingerprint density at radius 1 is 1.30 bits per heavy atom. The number of nitrogens with zero attached hydrogens (tertiary/aromatic N) is 2. The minimum atomic E-state index is -0.670. The van der Waals surface area contributed by atoms with E-state index in [0.717, 1.165) is 21.4 Å². The molecule has 1 aromatic heterocycles. The topological polar surface area (TPSA) is 108 Å². The largest absolute Gasteiger partial charge is 0.436 e. The first-order valence-corrected chi connectivity index (χ1v) is 9.12. The number of fused-ring (bicyclic) bond motifs is 2. The third-order valence-electron chi connectivity index (χ3n) is 4.42. The molecule has 0 spiro atoms. The fourth-order valence-electron chi connectivity index (χ4n) is 3.02. The van der Waals surface area contributed by atoms with Crippen LogP contribution in [0.5, 0.6) is 0 Å². The van der Waals surface area contributed by atoms with Crippen LogP contribution in [0.3, 0.4) is 0 Å². The lowest BCUT2D eigenvalue weighted by Crippen LogP contribution is -2.26. The molecule has 0 unspecified atom stereocenters. The molecule has 8 heteroatoms. The van der Waals surface area contributed by atoms with Gasteiger partial charge in [0.1, 0.15) is 11.1 Å². The molecule has 0 bridgehead atoms. The maximum atomic E-state index is 13.0. The molecule has 0 aliphatic carbocycles. The zero-order valence-corrected chi connectivity index (χ0v) is 15.4. The Hall–Kier alpha value is -3.26. The highest BCUT2D eigenvalue weighted by Gasteiger charge is 2.28. The van der Waals surface area contributed by atoms with Gasteiger partial charge in [-0.05, 0) is 24.6 Å².